The number of carbonyl (C=O) groups excluding carboxylic acids is 3. The number of piperidine rings is 1. The number of aromatic nitrogens is 1. The van der Waals surface area contributed by atoms with Gasteiger partial charge in [-0.25, -0.2) is 4.98 Å². The zero-order valence-corrected chi connectivity index (χ0v) is 23.1. The molecule has 39 heavy (non-hydrogen) atoms. The van der Waals surface area contributed by atoms with Crippen molar-refractivity contribution in [2.24, 2.45) is 5.41 Å². The van der Waals surface area contributed by atoms with Gasteiger partial charge in [-0.05, 0) is 79.1 Å². The molecule has 7 nitrogen and oxygen atoms in total. The van der Waals surface area contributed by atoms with Gasteiger partial charge in [-0.2, -0.15) is 0 Å². The van der Waals surface area contributed by atoms with Crippen molar-refractivity contribution in [3.8, 4) is 0 Å². The molecule has 0 unspecified atom stereocenters. The predicted octanol–water partition coefficient (Wildman–Crippen LogP) is 5.36. The van der Waals surface area contributed by atoms with Crippen LogP contribution in [0.25, 0.3) is 0 Å². The van der Waals surface area contributed by atoms with Crippen LogP contribution < -0.4 is 10.6 Å². The number of pyridine rings is 1. The highest BCUT2D eigenvalue weighted by Gasteiger charge is 2.51. The summed E-state index contributed by atoms with van der Waals surface area (Å²) in [5, 5.41) is 6.58. The average Bonchev–Trinajstić information content (AvgIpc) is 3.41. The second kappa shape index (κ2) is 9.19. The fourth-order valence-corrected chi connectivity index (χ4v) is 6.52. The maximum Gasteiger partial charge on any atom is 0.244 e. The smallest absolute Gasteiger partial charge is 0.244 e. The number of nitrogens with zero attached hydrogens (tertiary/aromatic N) is 2. The first kappa shape index (κ1) is 25.6. The summed E-state index contributed by atoms with van der Waals surface area (Å²) in [6.45, 7) is 5.75. The van der Waals surface area contributed by atoms with Crippen LogP contribution in [-0.2, 0) is 32.6 Å². The third-order valence-corrected chi connectivity index (χ3v) is 9.02. The molecule has 200 valence electrons. The maximum absolute atomic E-state index is 13.5. The molecule has 2 aliphatic heterocycles. The van der Waals surface area contributed by atoms with Crippen LogP contribution in [-0.4, -0.2) is 34.2 Å². The molecule has 1 fully saturated rings. The molecule has 8 heteroatoms. The molecule has 2 atom stereocenters. The molecule has 1 aromatic heterocycles. The Labute approximate surface area is 233 Å². The number of hydrogen-bond donors (Lipinski definition) is 2. The molecular formula is C31H31ClN4O3. The topological polar surface area (TPSA) is 91.4 Å². The van der Waals surface area contributed by atoms with Crippen LogP contribution in [0.1, 0.15) is 60.5 Å². The monoisotopic (exact) mass is 542 g/mol. The quantitative estimate of drug-likeness (QED) is 0.464. The van der Waals surface area contributed by atoms with E-state index in [1.54, 1.807) is 11.1 Å². The summed E-state index contributed by atoms with van der Waals surface area (Å²) in [6.07, 6.45) is 4.31. The Hall–Kier alpha value is -3.71. The van der Waals surface area contributed by atoms with Crippen molar-refractivity contribution < 1.29 is 14.4 Å². The Morgan fingerprint density at radius 1 is 1.13 bits per heavy atom. The molecule has 0 bridgehead atoms. The minimum atomic E-state index is -0.664. The third-order valence-electron chi connectivity index (χ3n) is 8.62. The van der Waals surface area contributed by atoms with E-state index in [-0.39, 0.29) is 30.3 Å². The number of amides is 3. The number of halogens is 1. The van der Waals surface area contributed by atoms with Gasteiger partial charge in [0.15, 0.2) is 0 Å². The second-order valence-corrected chi connectivity index (χ2v) is 12.1. The summed E-state index contributed by atoms with van der Waals surface area (Å²) in [5.74, 6) is 0.292. The van der Waals surface area contributed by atoms with E-state index in [0.717, 1.165) is 40.7 Å². The first-order valence-electron chi connectivity index (χ1n) is 13.3. The minimum Gasteiger partial charge on any atom is -0.326 e. The largest absolute Gasteiger partial charge is 0.326 e. The third kappa shape index (κ3) is 4.29. The Morgan fingerprint density at radius 3 is 2.72 bits per heavy atom. The Kier molecular flexibility index (Phi) is 6.03. The van der Waals surface area contributed by atoms with Crippen molar-refractivity contribution in [1.29, 1.82) is 0 Å². The van der Waals surface area contributed by atoms with Gasteiger partial charge in [-0.3, -0.25) is 14.4 Å². The van der Waals surface area contributed by atoms with Crippen LogP contribution in [0.15, 0.2) is 54.7 Å². The van der Waals surface area contributed by atoms with Crippen LogP contribution in [0.3, 0.4) is 0 Å². The molecule has 1 aliphatic carbocycles. The molecule has 3 heterocycles. The fraction of sp³-hybridized carbons (Fsp3) is 0.355. The number of hydrogen-bond acceptors (Lipinski definition) is 4. The van der Waals surface area contributed by atoms with Crippen molar-refractivity contribution in [3.63, 3.8) is 0 Å². The van der Waals surface area contributed by atoms with Gasteiger partial charge in [0.25, 0.3) is 0 Å². The Morgan fingerprint density at radius 2 is 1.92 bits per heavy atom. The van der Waals surface area contributed by atoms with Crippen molar-refractivity contribution in [1.82, 2.24) is 9.88 Å². The van der Waals surface area contributed by atoms with Crippen molar-refractivity contribution in [2.45, 2.75) is 57.9 Å². The van der Waals surface area contributed by atoms with Crippen LogP contribution in [0.4, 0.5) is 11.5 Å². The highest BCUT2D eigenvalue weighted by molar-refractivity contribution is 6.31. The van der Waals surface area contributed by atoms with Gasteiger partial charge in [0.1, 0.15) is 12.4 Å². The molecule has 1 spiro atoms. The van der Waals surface area contributed by atoms with E-state index in [2.05, 4.69) is 15.6 Å². The van der Waals surface area contributed by atoms with E-state index in [9.17, 15) is 14.4 Å². The van der Waals surface area contributed by atoms with E-state index in [1.807, 2.05) is 69.3 Å². The van der Waals surface area contributed by atoms with E-state index in [1.165, 1.54) is 0 Å². The lowest BCUT2D eigenvalue weighted by molar-refractivity contribution is -0.150. The minimum absolute atomic E-state index is 0.0357. The van der Waals surface area contributed by atoms with Gasteiger partial charge in [0, 0.05) is 27.9 Å². The van der Waals surface area contributed by atoms with Gasteiger partial charge in [-0.1, -0.05) is 49.7 Å². The number of rotatable bonds is 4. The van der Waals surface area contributed by atoms with Crippen LogP contribution in [0, 0.1) is 12.3 Å². The molecule has 1 saturated heterocycles. The zero-order chi connectivity index (χ0) is 27.5. The SMILES string of the molecule is Cc1ccc([C@@H]2CCC(C)(C)C(=O)N2CC(=O)Nc2ccc3c(c2)C[C@@]2(C3)C(=O)Nc3ncccc32)cc1Cl. The molecule has 2 aromatic carbocycles. The number of likely N-dealkylation sites (tertiary alicyclic amines) is 1. The van der Waals surface area contributed by atoms with Gasteiger partial charge in [0.05, 0.1) is 11.5 Å². The number of nitrogens with one attached hydrogen (secondary N) is 2. The Bertz CT molecular complexity index is 1530. The van der Waals surface area contributed by atoms with Crippen molar-refractivity contribution >= 4 is 40.8 Å². The number of fused-ring (bicyclic) bond motifs is 3. The predicted molar refractivity (Wildman–Crippen MR) is 151 cm³/mol. The molecule has 0 saturated carbocycles. The van der Waals surface area contributed by atoms with E-state index in [0.29, 0.717) is 29.4 Å². The van der Waals surface area contributed by atoms with Gasteiger partial charge >= 0.3 is 0 Å². The second-order valence-electron chi connectivity index (χ2n) is 11.7. The van der Waals surface area contributed by atoms with Gasteiger partial charge in [-0.15, -0.1) is 0 Å². The number of benzene rings is 2. The van der Waals surface area contributed by atoms with Crippen LogP contribution in [0.5, 0.6) is 0 Å². The normalized spacial score (nSPS) is 23.0. The molecule has 2 N–H and O–H groups in total. The summed E-state index contributed by atoms with van der Waals surface area (Å²) in [4.78, 5) is 45.8. The van der Waals surface area contributed by atoms with Crippen molar-refractivity contribution in [3.05, 3.63) is 87.6 Å². The molecule has 3 aliphatic rings. The average molecular weight is 543 g/mol. The summed E-state index contributed by atoms with van der Waals surface area (Å²) in [7, 11) is 0. The number of carbonyl (C=O) groups is 3. The summed E-state index contributed by atoms with van der Waals surface area (Å²) >= 11 is 6.40. The zero-order valence-electron chi connectivity index (χ0n) is 22.3. The van der Waals surface area contributed by atoms with Gasteiger partial charge < -0.3 is 15.5 Å². The summed E-state index contributed by atoms with van der Waals surface area (Å²) in [6, 6.07) is 15.2. The van der Waals surface area contributed by atoms with E-state index >= 15 is 0 Å². The maximum atomic E-state index is 13.5. The van der Waals surface area contributed by atoms with E-state index < -0.39 is 10.8 Å². The van der Waals surface area contributed by atoms with Crippen LogP contribution in [0.2, 0.25) is 5.02 Å². The molecule has 3 aromatic rings. The first-order valence-corrected chi connectivity index (χ1v) is 13.7. The lowest BCUT2D eigenvalue weighted by Gasteiger charge is -2.43. The molecule has 3 amide bonds. The van der Waals surface area contributed by atoms with Crippen molar-refractivity contribution in [2.75, 3.05) is 17.2 Å². The first-order chi connectivity index (χ1) is 18.6. The van der Waals surface area contributed by atoms with Crippen LogP contribution >= 0.6 is 11.6 Å². The fourth-order valence-electron chi connectivity index (χ4n) is 6.34. The lowest BCUT2D eigenvalue weighted by atomic mass is 9.78. The van der Waals surface area contributed by atoms with Gasteiger partial charge in [0.2, 0.25) is 17.7 Å². The highest BCUT2D eigenvalue weighted by atomic mass is 35.5. The van der Waals surface area contributed by atoms with E-state index in [4.69, 9.17) is 11.6 Å². The molecule has 6 rings (SSSR count). The molecular weight excluding hydrogens is 512 g/mol. The Balaban J connectivity index is 1.21. The number of anilines is 2. The summed E-state index contributed by atoms with van der Waals surface area (Å²) < 4.78 is 0. The highest BCUT2D eigenvalue weighted by Crippen LogP contribution is 2.47. The standard InChI is InChI=1S/C31H31ClN4O3/c1-18-6-7-19(14-24(18)32)25-10-11-30(2,3)29(39)36(25)17-26(37)34-22-9-8-20-15-31(16-21(20)13-22)23-5-4-12-33-27(23)35-28(31)38/h4-9,12-14,25H,10-11,15-17H2,1-3H3,(H,34,37)(H,33,35,38)/t25-,31+/m0/s1. The summed E-state index contributed by atoms with van der Waals surface area (Å²) in [5.41, 5.74) is 4.40. The molecule has 0 radical (unpaired) electrons. The lowest BCUT2D eigenvalue weighted by Crippen LogP contribution is -2.50. The number of aryl methyl sites for hydroxylation is 1.